The molecule has 1 fully saturated rings. The van der Waals surface area contributed by atoms with Crippen LogP contribution in [0.2, 0.25) is 0 Å². The van der Waals surface area contributed by atoms with Crippen molar-refractivity contribution in [2.45, 2.75) is 37.9 Å². The van der Waals surface area contributed by atoms with Gasteiger partial charge in [0.15, 0.2) is 11.5 Å². The smallest absolute Gasteiger partial charge is 0.255 e. The molecule has 1 spiro atoms. The molecule has 0 unspecified atom stereocenters. The van der Waals surface area contributed by atoms with Gasteiger partial charge in [0.1, 0.15) is 5.82 Å². The number of hydrogen-bond acceptors (Lipinski definition) is 3. The lowest BCUT2D eigenvalue weighted by molar-refractivity contribution is -0.105. The van der Waals surface area contributed by atoms with Crippen molar-refractivity contribution in [2.24, 2.45) is 0 Å². The van der Waals surface area contributed by atoms with Gasteiger partial charge in [-0.2, -0.15) is 0 Å². The molecule has 1 saturated carbocycles. The van der Waals surface area contributed by atoms with E-state index in [9.17, 15) is 9.18 Å². The largest absolute Gasteiger partial charge is 0.448 e. The molecule has 4 rings (SSSR count). The summed E-state index contributed by atoms with van der Waals surface area (Å²) in [5.74, 6) is 0.194. The molecule has 1 aliphatic heterocycles. The number of rotatable bonds is 2. The number of carbonyl (C=O) groups is 1. The van der Waals surface area contributed by atoms with Gasteiger partial charge in [-0.3, -0.25) is 4.79 Å². The average Bonchev–Trinajstić information content (AvgIpc) is 2.92. The van der Waals surface area contributed by atoms with E-state index < -0.39 is 5.79 Å². The van der Waals surface area contributed by atoms with Crippen LogP contribution in [0.15, 0.2) is 42.5 Å². The molecule has 124 valence electrons. The van der Waals surface area contributed by atoms with Gasteiger partial charge in [-0.25, -0.2) is 4.39 Å². The quantitative estimate of drug-likeness (QED) is 0.883. The molecule has 0 radical (unpaired) electrons. The van der Waals surface area contributed by atoms with Gasteiger partial charge in [0, 0.05) is 30.2 Å². The number of amides is 1. The summed E-state index contributed by atoms with van der Waals surface area (Å²) in [5.41, 5.74) is 1.03. The number of fused-ring (bicyclic) bond motifs is 1. The van der Waals surface area contributed by atoms with Crippen molar-refractivity contribution in [2.75, 3.05) is 5.32 Å². The third kappa shape index (κ3) is 2.82. The molecular weight excluding hydrogens is 309 g/mol. The Hall–Kier alpha value is -2.56. The molecule has 0 bridgehead atoms. The van der Waals surface area contributed by atoms with E-state index in [0.717, 1.165) is 31.4 Å². The maximum atomic E-state index is 12.9. The van der Waals surface area contributed by atoms with Crippen molar-refractivity contribution in [1.29, 1.82) is 0 Å². The van der Waals surface area contributed by atoms with Crippen molar-refractivity contribution in [3.63, 3.8) is 0 Å². The summed E-state index contributed by atoms with van der Waals surface area (Å²) >= 11 is 0. The summed E-state index contributed by atoms with van der Waals surface area (Å²) in [5, 5.41) is 2.80. The predicted octanol–water partition coefficient (Wildman–Crippen LogP) is 4.51. The SMILES string of the molecule is O=C(Nc1ccc2c(c1)OC1(CCCCC1)O2)c1ccc(F)cc1. The first-order chi connectivity index (χ1) is 11.6. The van der Waals surface area contributed by atoms with Crippen LogP contribution < -0.4 is 14.8 Å². The second-order valence-electron chi connectivity index (χ2n) is 6.30. The highest BCUT2D eigenvalue weighted by Crippen LogP contribution is 2.46. The Morgan fingerprint density at radius 1 is 0.958 bits per heavy atom. The lowest BCUT2D eigenvalue weighted by Gasteiger charge is -2.31. The fourth-order valence-corrected chi connectivity index (χ4v) is 3.27. The molecule has 24 heavy (non-hydrogen) atoms. The van der Waals surface area contributed by atoms with E-state index in [0.29, 0.717) is 17.0 Å². The maximum absolute atomic E-state index is 12.9. The van der Waals surface area contributed by atoms with Crippen LogP contribution in [0.1, 0.15) is 42.5 Å². The summed E-state index contributed by atoms with van der Waals surface area (Å²) in [6, 6.07) is 10.8. The molecule has 5 heteroatoms. The molecular formula is C19H18FNO3. The van der Waals surface area contributed by atoms with E-state index >= 15 is 0 Å². The number of anilines is 1. The van der Waals surface area contributed by atoms with Gasteiger partial charge in [-0.15, -0.1) is 0 Å². The van der Waals surface area contributed by atoms with E-state index in [-0.39, 0.29) is 11.7 Å². The molecule has 1 aliphatic carbocycles. The number of benzene rings is 2. The van der Waals surface area contributed by atoms with Gasteiger partial charge < -0.3 is 14.8 Å². The Morgan fingerprint density at radius 3 is 2.42 bits per heavy atom. The van der Waals surface area contributed by atoms with E-state index in [1.54, 1.807) is 12.1 Å². The van der Waals surface area contributed by atoms with Crippen LogP contribution in [0, 0.1) is 5.82 Å². The van der Waals surface area contributed by atoms with Gasteiger partial charge >= 0.3 is 0 Å². The molecule has 4 nitrogen and oxygen atoms in total. The standard InChI is InChI=1S/C19H18FNO3/c20-14-6-4-13(5-7-14)18(22)21-15-8-9-16-17(12-15)24-19(23-16)10-2-1-3-11-19/h4-9,12H,1-3,10-11H2,(H,21,22). The first-order valence-electron chi connectivity index (χ1n) is 8.23. The Bertz CT molecular complexity index is 767. The third-order valence-electron chi connectivity index (χ3n) is 4.52. The Morgan fingerprint density at radius 2 is 1.67 bits per heavy atom. The van der Waals surface area contributed by atoms with Crippen molar-refractivity contribution in [3.05, 3.63) is 53.8 Å². The summed E-state index contributed by atoms with van der Waals surface area (Å²) in [6.07, 6.45) is 5.19. The fourth-order valence-electron chi connectivity index (χ4n) is 3.27. The fraction of sp³-hybridized carbons (Fsp3) is 0.316. The van der Waals surface area contributed by atoms with Gasteiger partial charge in [-0.05, 0) is 49.2 Å². The highest BCUT2D eigenvalue weighted by atomic mass is 19.1. The molecule has 2 aliphatic rings. The van der Waals surface area contributed by atoms with Crippen LogP contribution in [-0.2, 0) is 0 Å². The van der Waals surface area contributed by atoms with Crippen LogP contribution >= 0.6 is 0 Å². The second kappa shape index (κ2) is 5.82. The van der Waals surface area contributed by atoms with Crippen LogP contribution in [0.3, 0.4) is 0 Å². The molecule has 1 heterocycles. The molecule has 0 saturated heterocycles. The van der Waals surface area contributed by atoms with Gasteiger partial charge in [0.05, 0.1) is 0 Å². The molecule has 2 aromatic carbocycles. The van der Waals surface area contributed by atoms with E-state index in [2.05, 4.69) is 5.32 Å². The van der Waals surface area contributed by atoms with Gasteiger partial charge in [0.2, 0.25) is 0 Å². The van der Waals surface area contributed by atoms with Crippen molar-refractivity contribution < 1.29 is 18.7 Å². The summed E-state index contributed by atoms with van der Waals surface area (Å²) in [6.45, 7) is 0. The highest BCUT2D eigenvalue weighted by Gasteiger charge is 2.42. The lowest BCUT2D eigenvalue weighted by Crippen LogP contribution is -2.40. The first-order valence-corrected chi connectivity index (χ1v) is 8.23. The Kier molecular flexibility index (Phi) is 3.63. The minimum atomic E-state index is -0.528. The van der Waals surface area contributed by atoms with Gasteiger partial charge in [0.25, 0.3) is 11.7 Å². The monoisotopic (exact) mass is 327 g/mol. The van der Waals surface area contributed by atoms with Crippen LogP contribution in [0.4, 0.5) is 10.1 Å². The predicted molar refractivity (Wildman–Crippen MR) is 87.9 cm³/mol. The molecule has 1 N–H and O–H groups in total. The number of nitrogens with one attached hydrogen (secondary N) is 1. The molecule has 0 atom stereocenters. The van der Waals surface area contributed by atoms with Crippen molar-refractivity contribution in [1.82, 2.24) is 0 Å². The summed E-state index contributed by atoms with van der Waals surface area (Å²) in [4.78, 5) is 12.2. The first kappa shape index (κ1) is 15.0. The number of carbonyl (C=O) groups excluding carboxylic acids is 1. The van der Waals surface area contributed by atoms with Crippen LogP contribution in [-0.4, -0.2) is 11.7 Å². The van der Waals surface area contributed by atoms with Crippen molar-refractivity contribution in [3.8, 4) is 11.5 Å². The maximum Gasteiger partial charge on any atom is 0.255 e. The topological polar surface area (TPSA) is 47.6 Å². The van der Waals surface area contributed by atoms with E-state index in [4.69, 9.17) is 9.47 Å². The number of ether oxygens (including phenoxy) is 2. The van der Waals surface area contributed by atoms with E-state index in [1.165, 1.54) is 30.7 Å². The van der Waals surface area contributed by atoms with E-state index in [1.807, 2.05) is 6.07 Å². The zero-order chi connectivity index (χ0) is 16.6. The highest BCUT2D eigenvalue weighted by molar-refractivity contribution is 6.04. The number of halogens is 1. The zero-order valence-corrected chi connectivity index (χ0v) is 13.2. The Balaban J connectivity index is 1.50. The number of hydrogen-bond donors (Lipinski definition) is 1. The van der Waals surface area contributed by atoms with Gasteiger partial charge in [-0.1, -0.05) is 6.42 Å². The summed E-state index contributed by atoms with van der Waals surface area (Å²) in [7, 11) is 0. The second-order valence-corrected chi connectivity index (χ2v) is 6.30. The zero-order valence-electron chi connectivity index (χ0n) is 13.2. The Labute approximate surface area is 139 Å². The van der Waals surface area contributed by atoms with Crippen LogP contribution in [0.25, 0.3) is 0 Å². The minimum Gasteiger partial charge on any atom is -0.448 e. The molecule has 0 aromatic heterocycles. The van der Waals surface area contributed by atoms with Crippen LogP contribution in [0.5, 0.6) is 11.5 Å². The normalized spacial score (nSPS) is 17.7. The van der Waals surface area contributed by atoms with Crippen molar-refractivity contribution >= 4 is 11.6 Å². The molecule has 2 aromatic rings. The minimum absolute atomic E-state index is 0.291. The third-order valence-corrected chi connectivity index (χ3v) is 4.52. The average molecular weight is 327 g/mol. The molecule has 1 amide bonds. The summed E-state index contributed by atoms with van der Waals surface area (Å²) < 4.78 is 25.0. The lowest BCUT2D eigenvalue weighted by atomic mass is 9.94.